The van der Waals surface area contributed by atoms with Crippen LogP contribution in [0.25, 0.3) is 5.82 Å². The molecular formula is C20H21N7O3. The van der Waals surface area contributed by atoms with Gasteiger partial charge in [-0.3, -0.25) is 4.79 Å². The lowest BCUT2D eigenvalue weighted by Crippen LogP contribution is -2.41. The number of benzene rings is 1. The van der Waals surface area contributed by atoms with E-state index in [-0.39, 0.29) is 12.5 Å². The van der Waals surface area contributed by atoms with E-state index in [1.54, 1.807) is 47.8 Å². The van der Waals surface area contributed by atoms with Gasteiger partial charge in [0.1, 0.15) is 12.7 Å². The molecule has 1 saturated heterocycles. The smallest absolute Gasteiger partial charge is 0.319 e. The van der Waals surface area contributed by atoms with Crippen molar-refractivity contribution in [1.82, 2.24) is 30.0 Å². The van der Waals surface area contributed by atoms with Crippen LogP contribution in [0.4, 0.5) is 10.5 Å². The third-order valence-electron chi connectivity index (χ3n) is 4.65. The topological polar surface area (TPSA) is 114 Å². The predicted molar refractivity (Wildman–Crippen MR) is 108 cm³/mol. The Morgan fingerprint density at radius 2 is 1.93 bits per heavy atom. The van der Waals surface area contributed by atoms with Crippen LogP contribution in [0.1, 0.15) is 15.9 Å². The van der Waals surface area contributed by atoms with Crippen molar-refractivity contribution in [1.29, 1.82) is 0 Å². The van der Waals surface area contributed by atoms with E-state index in [0.717, 1.165) is 5.56 Å². The molecule has 0 saturated carbocycles. The van der Waals surface area contributed by atoms with Gasteiger partial charge in [-0.1, -0.05) is 18.2 Å². The van der Waals surface area contributed by atoms with Crippen LogP contribution in [-0.4, -0.2) is 62.9 Å². The van der Waals surface area contributed by atoms with Crippen LogP contribution < -0.4 is 10.6 Å². The average Bonchev–Trinajstić information content (AvgIpc) is 3.33. The molecule has 1 fully saturated rings. The Hall–Kier alpha value is -3.79. The molecule has 154 valence electrons. The fraction of sp³-hybridized carbons (Fsp3) is 0.250. The molecule has 10 heteroatoms. The number of pyridine rings is 1. The molecule has 2 N–H and O–H groups in total. The number of ether oxygens (including phenoxy) is 1. The molecule has 1 aliphatic heterocycles. The minimum Gasteiger partial charge on any atom is -0.378 e. The summed E-state index contributed by atoms with van der Waals surface area (Å²) in [5, 5.41) is 9.65. The number of morpholine rings is 1. The molecule has 0 aliphatic carbocycles. The lowest BCUT2D eigenvalue weighted by atomic mass is 10.1. The molecular weight excluding hydrogens is 386 g/mol. The van der Waals surface area contributed by atoms with E-state index >= 15 is 0 Å². The zero-order valence-electron chi connectivity index (χ0n) is 16.2. The van der Waals surface area contributed by atoms with E-state index in [9.17, 15) is 9.59 Å². The maximum Gasteiger partial charge on any atom is 0.319 e. The monoisotopic (exact) mass is 407 g/mol. The van der Waals surface area contributed by atoms with Gasteiger partial charge >= 0.3 is 6.03 Å². The molecule has 3 aromatic rings. The number of carbonyl (C=O) groups is 2. The number of nitrogens with one attached hydrogen (secondary N) is 2. The molecule has 0 radical (unpaired) electrons. The van der Waals surface area contributed by atoms with Crippen molar-refractivity contribution in [2.75, 3.05) is 31.6 Å². The first kappa shape index (κ1) is 19.5. The van der Waals surface area contributed by atoms with E-state index in [4.69, 9.17) is 4.74 Å². The number of urea groups is 1. The Balaban J connectivity index is 1.43. The lowest BCUT2D eigenvalue weighted by molar-refractivity contribution is 0.0303. The summed E-state index contributed by atoms with van der Waals surface area (Å²) in [5.74, 6) is 0.452. The maximum absolute atomic E-state index is 12.8. The largest absolute Gasteiger partial charge is 0.378 e. The second kappa shape index (κ2) is 9.14. The molecule has 2 aromatic heterocycles. The Bertz CT molecular complexity index is 1020. The first-order chi connectivity index (χ1) is 14.7. The quantitative estimate of drug-likeness (QED) is 0.662. The number of para-hydroxylation sites is 1. The van der Waals surface area contributed by atoms with Gasteiger partial charge in [0.2, 0.25) is 0 Å². The molecule has 10 nitrogen and oxygen atoms in total. The van der Waals surface area contributed by atoms with Gasteiger partial charge in [0.15, 0.2) is 5.82 Å². The van der Waals surface area contributed by atoms with Crippen molar-refractivity contribution < 1.29 is 14.3 Å². The SMILES string of the molecule is O=C(NCc1cccnc1-n1cncn1)Nc1ccccc1C(=O)N1CCOCC1. The van der Waals surface area contributed by atoms with Crippen LogP contribution in [0.2, 0.25) is 0 Å². The zero-order chi connectivity index (χ0) is 20.8. The standard InChI is InChI=1S/C20H21N7O3/c28-19(26-8-10-30-11-9-26)16-5-1-2-6-17(16)25-20(29)23-12-15-4-3-7-22-18(15)27-14-21-13-24-27/h1-7,13-14H,8-12H2,(H2,23,25,29). The molecule has 0 spiro atoms. The van der Waals surface area contributed by atoms with Crippen LogP contribution in [0.5, 0.6) is 0 Å². The van der Waals surface area contributed by atoms with Crippen LogP contribution in [-0.2, 0) is 11.3 Å². The molecule has 1 aromatic carbocycles. The van der Waals surface area contributed by atoms with Gasteiger partial charge in [-0.25, -0.2) is 19.4 Å². The van der Waals surface area contributed by atoms with E-state index in [1.165, 1.54) is 11.0 Å². The molecule has 0 atom stereocenters. The van der Waals surface area contributed by atoms with Gasteiger partial charge in [-0.05, 0) is 18.2 Å². The summed E-state index contributed by atoms with van der Waals surface area (Å²) < 4.78 is 6.84. The second-order valence-corrected chi connectivity index (χ2v) is 6.58. The Morgan fingerprint density at radius 3 is 2.73 bits per heavy atom. The summed E-state index contributed by atoms with van der Waals surface area (Å²) in [7, 11) is 0. The minimum absolute atomic E-state index is 0.130. The van der Waals surface area contributed by atoms with Crippen LogP contribution in [0.3, 0.4) is 0 Å². The minimum atomic E-state index is -0.425. The first-order valence-electron chi connectivity index (χ1n) is 9.52. The van der Waals surface area contributed by atoms with Crippen molar-refractivity contribution in [2.24, 2.45) is 0 Å². The lowest BCUT2D eigenvalue weighted by Gasteiger charge is -2.27. The third-order valence-corrected chi connectivity index (χ3v) is 4.65. The van der Waals surface area contributed by atoms with Crippen LogP contribution in [0.15, 0.2) is 55.2 Å². The highest BCUT2D eigenvalue weighted by Gasteiger charge is 2.21. The average molecular weight is 407 g/mol. The zero-order valence-corrected chi connectivity index (χ0v) is 16.2. The summed E-state index contributed by atoms with van der Waals surface area (Å²) in [4.78, 5) is 35.3. The van der Waals surface area contributed by atoms with Crippen molar-refractivity contribution in [3.05, 3.63) is 66.4 Å². The van der Waals surface area contributed by atoms with E-state index < -0.39 is 6.03 Å². The predicted octanol–water partition coefficient (Wildman–Crippen LogP) is 1.46. The summed E-state index contributed by atoms with van der Waals surface area (Å²) in [6.07, 6.45) is 4.61. The normalized spacial score (nSPS) is 13.7. The molecule has 3 amide bonds. The van der Waals surface area contributed by atoms with Gasteiger partial charge in [-0.2, -0.15) is 5.10 Å². The summed E-state index contributed by atoms with van der Waals surface area (Å²) in [5.41, 5.74) is 1.67. The number of aromatic nitrogens is 4. The number of hydrogen-bond donors (Lipinski definition) is 2. The molecule has 0 unspecified atom stereocenters. The van der Waals surface area contributed by atoms with Crippen molar-refractivity contribution in [3.8, 4) is 5.82 Å². The number of hydrogen-bond acceptors (Lipinski definition) is 6. The fourth-order valence-corrected chi connectivity index (χ4v) is 3.15. The Morgan fingerprint density at radius 1 is 1.10 bits per heavy atom. The third kappa shape index (κ3) is 4.44. The van der Waals surface area contributed by atoms with E-state index in [0.29, 0.717) is 43.4 Å². The van der Waals surface area contributed by atoms with Crippen molar-refractivity contribution in [3.63, 3.8) is 0 Å². The van der Waals surface area contributed by atoms with Gasteiger partial charge in [0.25, 0.3) is 5.91 Å². The maximum atomic E-state index is 12.8. The van der Waals surface area contributed by atoms with Gasteiger partial charge in [0.05, 0.1) is 24.5 Å². The molecule has 1 aliphatic rings. The molecule has 4 rings (SSSR count). The highest BCUT2D eigenvalue weighted by molar-refractivity contribution is 6.03. The molecule has 0 bridgehead atoms. The van der Waals surface area contributed by atoms with E-state index in [1.807, 2.05) is 6.07 Å². The van der Waals surface area contributed by atoms with E-state index in [2.05, 4.69) is 25.7 Å². The van der Waals surface area contributed by atoms with Crippen LogP contribution >= 0.6 is 0 Å². The Labute approximate surface area is 172 Å². The summed E-state index contributed by atoms with van der Waals surface area (Å²) >= 11 is 0. The van der Waals surface area contributed by atoms with Crippen molar-refractivity contribution >= 4 is 17.6 Å². The number of amides is 3. The highest BCUT2D eigenvalue weighted by atomic mass is 16.5. The highest BCUT2D eigenvalue weighted by Crippen LogP contribution is 2.18. The number of anilines is 1. The number of nitrogens with zero attached hydrogens (tertiary/aromatic N) is 5. The van der Waals surface area contributed by atoms with Crippen LogP contribution in [0, 0.1) is 0 Å². The summed E-state index contributed by atoms with van der Waals surface area (Å²) in [6, 6.07) is 10.2. The van der Waals surface area contributed by atoms with Gasteiger partial charge in [0, 0.05) is 31.4 Å². The van der Waals surface area contributed by atoms with Crippen molar-refractivity contribution in [2.45, 2.75) is 6.54 Å². The van der Waals surface area contributed by atoms with Gasteiger partial charge < -0.3 is 20.3 Å². The number of rotatable bonds is 5. The molecule has 30 heavy (non-hydrogen) atoms. The Kier molecular flexibility index (Phi) is 5.95. The fourth-order valence-electron chi connectivity index (χ4n) is 3.15. The second-order valence-electron chi connectivity index (χ2n) is 6.58. The molecule has 3 heterocycles. The first-order valence-corrected chi connectivity index (χ1v) is 9.52. The van der Waals surface area contributed by atoms with Gasteiger partial charge in [-0.15, -0.1) is 0 Å². The summed E-state index contributed by atoms with van der Waals surface area (Å²) in [6.45, 7) is 2.33. The number of carbonyl (C=O) groups excluding carboxylic acids is 2.